The molecule has 0 aliphatic heterocycles. The molecule has 152 valence electrons. The second-order valence-corrected chi connectivity index (χ2v) is 7.11. The molecule has 0 atom stereocenters. The van der Waals surface area contributed by atoms with Gasteiger partial charge in [0.2, 0.25) is 0 Å². The first-order valence-electron chi connectivity index (χ1n) is 10.1. The van der Waals surface area contributed by atoms with Crippen molar-refractivity contribution < 1.29 is 9.59 Å². The molecule has 0 saturated heterocycles. The Hall–Kier alpha value is -4.18. The number of carbonyl (C=O) groups excluding carboxylic acids is 2. The van der Waals surface area contributed by atoms with E-state index in [-0.39, 0.29) is 17.5 Å². The second-order valence-electron chi connectivity index (χ2n) is 7.11. The summed E-state index contributed by atoms with van der Waals surface area (Å²) in [5.74, 6) is -0.678. The summed E-state index contributed by atoms with van der Waals surface area (Å²) < 4.78 is 0. The molecule has 0 aliphatic rings. The molecule has 0 radical (unpaired) electrons. The van der Waals surface area contributed by atoms with Gasteiger partial charge in [0, 0.05) is 12.1 Å². The Morgan fingerprint density at radius 2 is 1.35 bits per heavy atom. The summed E-state index contributed by atoms with van der Waals surface area (Å²) in [6.45, 7) is 0.369. The molecule has 0 aliphatic carbocycles. The molecule has 0 aromatic heterocycles. The Kier molecular flexibility index (Phi) is 6.19. The Morgan fingerprint density at radius 1 is 0.710 bits per heavy atom. The van der Waals surface area contributed by atoms with Gasteiger partial charge in [-0.15, -0.1) is 0 Å². The number of benzene rings is 4. The van der Waals surface area contributed by atoms with E-state index >= 15 is 0 Å². The molecule has 4 heteroatoms. The van der Waals surface area contributed by atoms with E-state index in [0.29, 0.717) is 12.1 Å². The van der Waals surface area contributed by atoms with Crippen molar-refractivity contribution in [1.82, 2.24) is 10.6 Å². The van der Waals surface area contributed by atoms with Gasteiger partial charge >= 0.3 is 0 Å². The van der Waals surface area contributed by atoms with Gasteiger partial charge in [0.25, 0.3) is 11.8 Å². The topological polar surface area (TPSA) is 58.2 Å². The molecule has 2 amide bonds. The fourth-order valence-corrected chi connectivity index (χ4v) is 3.35. The number of nitrogens with one attached hydrogen (secondary N) is 2. The normalized spacial score (nSPS) is 11.2. The van der Waals surface area contributed by atoms with Crippen molar-refractivity contribution in [3.63, 3.8) is 0 Å². The second kappa shape index (κ2) is 9.55. The Bertz CT molecular complexity index is 1230. The molecule has 31 heavy (non-hydrogen) atoms. The van der Waals surface area contributed by atoms with E-state index in [1.807, 2.05) is 78.9 Å². The quantitative estimate of drug-likeness (QED) is 0.446. The molecule has 0 bridgehead atoms. The van der Waals surface area contributed by atoms with Crippen LogP contribution in [0.3, 0.4) is 0 Å². The van der Waals surface area contributed by atoms with Gasteiger partial charge in [-0.25, -0.2) is 0 Å². The van der Waals surface area contributed by atoms with Gasteiger partial charge in [-0.05, 0) is 40.1 Å². The number of hydrogen-bond donors (Lipinski definition) is 2. The minimum atomic E-state index is -0.346. The summed E-state index contributed by atoms with van der Waals surface area (Å²) in [4.78, 5) is 25.8. The van der Waals surface area contributed by atoms with Crippen molar-refractivity contribution in [1.29, 1.82) is 0 Å². The minimum Gasteiger partial charge on any atom is -0.347 e. The number of carbonyl (C=O) groups is 2. The van der Waals surface area contributed by atoms with E-state index in [1.165, 1.54) is 0 Å². The fourth-order valence-electron chi connectivity index (χ4n) is 3.35. The molecule has 0 spiro atoms. The van der Waals surface area contributed by atoms with E-state index in [1.54, 1.807) is 30.3 Å². The van der Waals surface area contributed by atoms with Crippen molar-refractivity contribution in [2.75, 3.05) is 0 Å². The Morgan fingerprint density at radius 3 is 2.13 bits per heavy atom. The zero-order chi connectivity index (χ0) is 21.5. The van der Waals surface area contributed by atoms with Crippen LogP contribution in [0.5, 0.6) is 0 Å². The summed E-state index contributed by atoms with van der Waals surface area (Å²) in [5, 5.41) is 7.77. The zero-order valence-electron chi connectivity index (χ0n) is 16.9. The summed E-state index contributed by atoms with van der Waals surface area (Å²) >= 11 is 0. The highest BCUT2D eigenvalue weighted by Crippen LogP contribution is 2.20. The van der Waals surface area contributed by atoms with Crippen LogP contribution in [-0.4, -0.2) is 11.8 Å². The van der Waals surface area contributed by atoms with Gasteiger partial charge in [0.1, 0.15) is 5.70 Å². The third-order valence-corrected chi connectivity index (χ3v) is 4.95. The third-order valence-electron chi connectivity index (χ3n) is 4.95. The number of hydrogen-bond acceptors (Lipinski definition) is 2. The highest BCUT2D eigenvalue weighted by Gasteiger charge is 2.15. The van der Waals surface area contributed by atoms with Crippen molar-refractivity contribution in [2.24, 2.45) is 0 Å². The predicted molar refractivity (Wildman–Crippen MR) is 124 cm³/mol. The Labute approximate surface area is 181 Å². The standard InChI is InChI=1S/C27H22N2O2/c30-26(22-13-5-2-6-14-22)29-25(27(31)28-19-20-10-3-1-4-11-20)18-23-16-9-15-21-12-7-8-17-24(21)23/h1-18H,19H2,(H,28,31)(H,29,30)/b25-18-. The van der Waals surface area contributed by atoms with Crippen LogP contribution in [0.2, 0.25) is 0 Å². The molecule has 4 rings (SSSR count). The number of rotatable bonds is 6. The van der Waals surface area contributed by atoms with Crippen molar-refractivity contribution in [3.8, 4) is 0 Å². The van der Waals surface area contributed by atoms with Crippen LogP contribution in [-0.2, 0) is 11.3 Å². The number of amides is 2. The summed E-state index contributed by atoms with van der Waals surface area (Å²) in [7, 11) is 0. The average molecular weight is 406 g/mol. The first kappa shape index (κ1) is 20.1. The maximum atomic E-state index is 13.0. The average Bonchev–Trinajstić information content (AvgIpc) is 2.83. The Balaban J connectivity index is 1.65. The number of fused-ring (bicyclic) bond motifs is 1. The van der Waals surface area contributed by atoms with Crippen LogP contribution in [0, 0.1) is 0 Å². The van der Waals surface area contributed by atoms with Crippen molar-refractivity contribution in [2.45, 2.75) is 6.54 Å². The molecule has 0 unspecified atom stereocenters. The molecular formula is C27H22N2O2. The summed E-state index contributed by atoms with van der Waals surface area (Å²) in [6, 6.07) is 32.3. The lowest BCUT2D eigenvalue weighted by molar-refractivity contribution is -0.117. The maximum Gasteiger partial charge on any atom is 0.268 e. The lowest BCUT2D eigenvalue weighted by Gasteiger charge is -2.12. The summed E-state index contributed by atoms with van der Waals surface area (Å²) in [6.07, 6.45) is 1.73. The molecule has 0 saturated carbocycles. The van der Waals surface area contributed by atoms with Crippen LogP contribution in [0.4, 0.5) is 0 Å². The first-order valence-corrected chi connectivity index (χ1v) is 10.1. The highest BCUT2D eigenvalue weighted by molar-refractivity contribution is 6.06. The van der Waals surface area contributed by atoms with E-state index < -0.39 is 0 Å². The van der Waals surface area contributed by atoms with E-state index in [4.69, 9.17) is 0 Å². The van der Waals surface area contributed by atoms with Gasteiger partial charge < -0.3 is 10.6 Å². The maximum absolute atomic E-state index is 13.0. The zero-order valence-corrected chi connectivity index (χ0v) is 16.9. The third kappa shape index (κ3) is 5.06. The van der Waals surface area contributed by atoms with Gasteiger partial charge in [-0.2, -0.15) is 0 Å². The van der Waals surface area contributed by atoms with Gasteiger partial charge in [0.05, 0.1) is 0 Å². The van der Waals surface area contributed by atoms with E-state index in [2.05, 4.69) is 10.6 Å². The molecule has 4 nitrogen and oxygen atoms in total. The molecular weight excluding hydrogens is 384 g/mol. The van der Waals surface area contributed by atoms with E-state index in [9.17, 15) is 9.59 Å². The van der Waals surface area contributed by atoms with Crippen LogP contribution in [0.25, 0.3) is 16.8 Å². The highest BCUT2D eigenvalue weighted by atomic mass is 16.2. The fraction of sp³-hybridized carbons (Fsp3) is 0.0370. The van der Waals surface area contributed by atoms with Gasteiger partial charge in [-0.3, -0.25) is 9.59 Å². The smallest absolute Gasteiger partial charge is 0.268 e. The van der Waals surface area contributed by atoms with Crippen molar-refractivity contribution >= 4 is 28.7 Å². The molecule has 4 aromatic rings. The molecule has 0 heterocycles. The van der Waals surface area contributed by atoms with Gasteiger partial charge in [0.15, 0.2) is 0 Å². The molecule has 4 aromatic carbocycles. The van der Waals surface area contributed by atoms with Crippen LogP contribution in [0.15, 0.2) is 109 Å². The largest absolute Gasteiger partial charge is 0.347 e. The molecule has 2 N–H and O–H groups in total. The minimum absolute atomic E-state index is 0.195. The van der Waals surface area contributed by atoms with Crippen LogP contribution in [0.1, 0.15) is 21.5 Å². The van der Waals surface area contributed by atoms with Crippen molar-refractivity contribution in [3.05, 3.63) is 126 Å². The first-order chi connectivity index (χ1) is 15.2. The predicted octanol–water partition coefficient (Wildman–Crippen LogP) is 4.93. The summed E-state index contributed by atoms with van der Waals surface area (Å²) in [5.41, 5.74) is 2.52. The van der Waals surface area contributed by atoms with Gasteiger partial charge in [-0.1, -0.05) is 91.0 Å². The van der Waals surface area contributed by atoms with E-state index in [0.717, 1.165) is 21.9 Å². The monoisotopic (exact) mass is 406 g/mol. The molecule has 0 fully saturated rings. The SMILES string of the molecule is O=C(NCc1ccccc1)/C(=C/c1cccc2ccccc12)NC(=O)c1ccccc1. The lowest BCUT2D eigenvalue weighted by atomic mass is 10.0. The van der Waals surface area contributed by atoms with Crippen LogP contribution < -0.4 is 10.6 Å². The lowest BCUT2D eigenvalue weighted by Crippen LogP contribution is -2.34. The van der Waals surface area contributed by atoms with Crippen LogP contribution >= 0.6 is 0 Å².